The van der Waals surface area contributed by atoms with Crippen molar-refractivity contribution in [2.24, 2.45) is 0 Å². The lowest BCUT2D eigenvalue weighted by molar-refractivity contribution is -0.138. The topological polar surface area (TPSA) is 57.9 Å². The van der Waals surface area contributed by atoms with E-state index in [1.54, 1.807) is 13.2 Å². The fourth-order valence-corrected chi connectivity index (χ4v) is 4.12. The molecule has 7 heteroatoms. The van der Waals surface area contributed by atoms with Crippen molar-refractivity contribution in [3.05, 3.63) is 60.7 Å². The molecule has 3 aromatic rings. The third kappa shape index (κ3) is 8.62. The summed E-state index contributed by atoms with van der Waals surface area (Å²) < 4.78 is 50.3. The van der Waals surface area contributed by atoms with Gasteiger partial charge in [0.25, 0.3) is 0 Å². The van der Waals surface area contributed by atoms with E-state index >= 15 is 0 Å². The Morgan fingerprint density at radius 3 is 2.54 bits per heavy atom. The molecule has 1 heterocycles. The third-order valence-electron chi connectivity index (χ3n) is 6.15. The van der Waals surface area contributed by atoms with Crippen LogP contribution in [0.1, 0.15) is 57.4 Å². The summed E-state index contributed by atoms with van der Waals surface area (Å²) in [6.07, 6.45) is 5.21. The zero-order valence-electron chi connectivity index (χ0n) is 21.7. The molecule has 0 N–H and O–H groups in total. The van der Waals surface area contributed by atoms with Crippen LogP contribution in [0.4, 0.5) is 8.78 Å². The Bertz CT molecular complexity index is 1170. The van der Waals surface area contributed by atoms with Gasteiger partial charge in [0.1, 0.15) is 22.8 Å². The lowest BCUT2D eigenvalue weighted by atomic mass is 10.0. The van der Waals surface area contributed by atoms with Crippen LogP contribution < -0.4 is 9.47 Å². The van der Waals surface area contributed by atoms with Gasteiger partial charge in [-0.1, -0.05) is 32.4 Å². The minimum Gasteiger partial charge on any atom is -0.496 e. The number of carbonyl (C=O) groups excluding carboxylic acids is 1. The molecular weight excluding hydrogens is 478 g/mol. The number of ether oxygens (including phenoxy) is 3. The summed E-state index contributed by atoms with van der Waals surface area (Å²) in [5.74, 6) is -1.42. The molecule has 0 aliphatic rings. The first-order valence-corrected chi connectivity index (χ1v) is 12.9. The highest BCUT2D eigenvalue weighted by Crippen LogP contribution is 2.36. The number of hydrogen-bond donors (Lipinski definition) is 0. The number of aryl methyl sites for hydroxylation is 1. The molecule has 200 valence electrons. The van der Waals surface area contributed by atoms with Gasteiger partial charge in [-0.3, -0.25) is 0 Å². The standard InChI is InChI=1S/C30H36F2O5/c1-4-6-7-10-22-11-14-25(27(19-22)34-3)28-20-23-12-13-24(21-26(23)37-28)35-17-8-15-30(31,32)16-9-18-36-29(33)5-2/h5,11-14,19-21H,2,4,6-10,15-18H2,1,3H3. The Labute approximate surface area is 217 Å². The van der Waals surface area contributed by atoms with E-state index in [1.165, 1.54) is 18.4 Å². The van der Waals surface area contributed by atoms with Crippen LogP contribution in [-0.4, -0.2) is 32.2 Å². The maximum atomic E-state index is 14.1. The van der Waals surface area contributed by atoms with Crippen molar-refractivity contribution in [1.29, 1.82) is 0 Å². The summed E-state index contributed by atoms with van der Waals surface area (Å²) in [5, 5.41) is 0.917. The number of furan rings is 1. The monoisotopic (exact) mass is 514 g/mol. The molecule has 5 nitrogen and oxygen atoms in total. The van der Waals surface area contributed by atoms with E-state index in [9.17, 15) is 13.6 Å². The van der Waals surface area contributed by atoms with E-state index in [0.717, 1.165) is 35.6 Å². The number of fused-ring (bicyclic) bond motifs is 1. The molecule has 0 spiro atoms. The summed E-state index contributed by atoms with van der Waals surface area (Å²) in [5.41, 5.74) is 2.77. The van der Waals surface area contributed by atoms with E-state index in [-0.39, 0.29) is 38.9 Å². The van der Waals surface area contributed by atoms with Gasteiger partial charge in [0.15, 0.2) is 0 Å². The molecule has 2 aromatic carbocycles. The number of alkyl halides is 2. The van der Waals surface area contributed by atoms with Crippen LogP contribution in [0.2, 0.25) is 0 Å². The molecule has 0 aliphatic heterocycles. The molecule has 37 heavy (non-hydrogen) atoms. The lowest BCUT2D eigenvalue weighted by Crippen LogP contribution is -2.18. The van der Waals surface area contributed by atoms with E-state index in [0.29, 0.717) is 17.1 Å². The molecule has 0 amide bonds. The van der Waals surface area contributed by atoms with Gasteiger partial charge in [0, 0.05) is 30.4 Å². The Balaban J connectivity index is 1.54. The number of carbonyl (C=O) groups is 1. The number of esters is 1. The number of rotatable bonds is 16. The van der Waals surface area contributed by atoms with Gasteiger partial charge in [-0.2, -0.15) is 0 Å². The minimum absolute atomic E-state index is 0.0446. The predicted octanol–water partition coefficient (Wildman–Crippen LogP) is 8.14. The van der Waals surface area contributed by atoms with Crippen LogP contribution in [0.25, 0.3) is 22.3 Å². The maximum Gasteiger partial charge on any atom is 0.330 e. The van der Waals surface area contributed by atoms with Crippen molar-refractivity contribution in [2.45, 2.75) is 64.2 Å². The van der Waals surface area contributed by atoms with Crippen LogP contribution in [0, 0.1) is 0 Å². The quantitative estimate of drug-likeness (QED) is 0.110. The van der Waals surface area contributed by atoms with E-state index in [2.05, 4.69) is 25.6 Å². The van der Waals surface area contributed by atoms with Gasteiger partial charge in [0.2, 0.25) is 5.92 Å². The fraction of sp³-hybridized carbons (Fsp3) is 0.433. The first-order chi connectivity index (χ1) is 17.8. The highest BCUT2D eigenvalue weighted by Gasteiger charge is 2.27. The SMILES string of the molecule is C=CC(=O)OCCCC(F)(F)CCCOc1ccc2cc(-c3ccc(CCCCC)cc3OC)oc2c1. The first-order valence-electron chi connectivity index (χ1n) is 12.9. The zero-order valence-corrected chi connectivity index (χ0v) is 21.7. The average Bonchev–Trinajstić information content (AvgIpc) is 3.32. The average molecular weight is 515 g/mol. The van der Waals surface area contributed by atoms with Crippen molar-refractivity contribution in [2.75, 3.05) is 20.3 Å². The molecular formula is C30H36F2O5. The third-order valence-corrected chi connectivity index (χ3v) is 6.15. The molecule has 0 saturated carbocycles. The van der Waals surface area contributed by atoms with E-state index in [1.807, 2.05) is 24.3 Å². The molecule has 0 aliphatic carbocycles. The maximum absolute atomic E-state index is 14.1. The summed E-state index contributed by atoms with van der Waals surface area (Å²) in [4.78, 5) is 11.0. The van der Waals surface area contributed by atoms with Crippen molar-refractivity contribution in [3.8, 4) is 22.8 Å². The Morgan fingerprint density at radius 1 is 1.03 bits per heavy atom. The molecule has 1 aromatic heterocycles. The summed E-state index contributed by atoms with van der Waals surface area (Å²) in [6, 6.07) is 13.6. The fourth-order valence-electron chi connectivity index (χ4n) is 4.12. The number of unbranched alkanes of at least 4 members (excludes halogenated alkanes) is 2. The predicted molar refractivity (Wildman–Crippen MR) is 141 cm³/mol. The number of methoxy groups -OCH3 is 1. The molecule has 0 radical (unpaired) electrons. The Hall–Kier alpha value is -3.35. The second-order valence-electron chi connectivity index (χ2n) is 9.09. The second kappa shape index (κ2) is 13.8. The Morgan fingerprint density at radius 2 is 1.81 bits per heavy atom. The summed E-state index contributed by atoms with van der Waals surface area (Å²) >= 11 is 0. The molecule has 0 atom stereocenters. The van der Waals surface area contributed by atoms with Gasteiger partial charge in [0.05, 0.1) is 25.9 Å². The van der Waals surface area contributed by atoms with Crippen molar-refractivity contribution >= 4 is 16.9 Å². The second-order valence-corrected chi connectivity index (χ2v) is 9.09. The molecule has 3 rings (SSSR count). The van der Waals surface area contributed by atoms with Crippen LogP contribution >= 0.6 is 0 Å². The highest BCUT2D eigenvalue weighted by atomic mass is 19.3. The molecule has 0 fully saturated rings. The zero-order chi connectivity index (χ0) is 26.7. The summed E-state index contributed by atoms with van der Waals surface area (Å²) in [6.45, 7) is 5.57. The van der Waals surface area contributed by atoms with Gasteiger partial charge >= 0.3 is 5.97 Å². The smallest absolute Gasteiger partial charge is 0.330 e. The number of hydrogen-bond acceptors (Lipinski definition) is 5. The summed E-state index contributed by atoms with van der Waals surface area (Å²) in [7, 11) is 1.66. The Kier molecular flexibility index (Phi) is 10.5. The van der Waals surface area contributed by atoms with Crippen LogP contribution in [0.15, 0.2) is 59.5 Å². The minimum atomic E-state index is -2.84. The normalized spacial score (nSPS) is 11.5. The number of benzene rings is 2. The van der Waals surface area contributed by atoms with Crippen molar-refractivity contribution in [3.63, 3.8) is 0 Å². The van der Waals surface area contributed by atoms with Gasteiger partial charge in [-0.25, -0.2) is 13.6 Å². The van der Waals surface area contributed by atoms with Crippen LogP contribution in [0.3, 0.4) is 0 Å². The van der Waals surface area contributed by atoms with E-state index < -0.39 is 11.9 Å². The lowest BCUT2D eigenvalue weighted by Gasteiger charge is -2.16. The van der Waals surface area contributed by atoms with Crippen LogP contribution in [0.5, 0.6) is 11.5 Å². The molecule has 0 saturated heterocycles. The number of halogens is 2. The van der Waals surface area contributed by atoms with Gasteiger partial charge in [-0.05, 0) is 61.6 Å². The first kappa shape index (κ1) is 28.2. The van der Waals surface area contributed by atoms with E-state index in [4.69, 9.17) is 18.6 Å². The molecule has 0 unspecified atom stereocenters. The van der Waals surface area contributed by atoms with Crippen molar-refractivity contribution in [1.82, 2.24) is 0 Å². The van der Waals surface area contributed by atoms with Crippen molar-refractivity contribution < 1.29 is 32.2 Å². The van der Waals surface area contributed by atoms with Gasteiger partial charge < -0.3 is 18.6 Å². The van der Waals surface area contributed by atoms with Crippen LogP contribution in [-0.2, 0) is 16.0 Å². The van der Waals surface area contributed by atoms with Gasteiger partial charge in [-0.15, -0.1) is 0 Å². The highest BCUT2D eigenvalue weighted by molar-refractivity contribution is 5.85. The molecule has 0 bridgehead atoms. The largest absolute Gasteiger partial charge is 0.496 e.